The molecule has 0 heterocycles. The van der Waals surface area contributed by atoms with E-state index in [1.807, 2.05) is 0 Å². The molecule has 1 saturated carbocycles. The van der Waals surface area contributed by atoms with Crippen LogP contribution < -0.4 is 0 Å². The molecule has 1 aromatic carbocycles. The Bertz CT molecular complexity index is 382. The van der Waals surface area contributed by atoms with Gasteiger partial charge in [0.2, 0.25) is 0 Å². The van der Waals surface area contributed by atoms with Gasteiger partial charge in [-0.25, -0.2) is 0 Å². The van der Waals surface area contributed by atoms with Crippen LogP contribution >= 0.6 is 15.9 Å². The van der Waals surface area contributed by atoms with Gasteiger partial charge in [0.05, 0.1) is 11.7 Å². The zero-order chi connectivity index (χ0) is 14.4. The Kier molecular flexibility index (Phi) is 6.10. The molecule has 0 N–H and O–H groups in total. The molecule has 112 valence electrons. The Hall–Kier alpha value is -0.340. The lowest BCUT2D eigenvalue weighted by molar-refractivity contribution is -0.0999. The molecule has 1 aliphatic carbocycles. The lowest BCUT2D eigenvalue weighted by Crippen LogP contribution is -2.39. The zero-order valence-electron chi connectivity index (χ0n) is 12.8. The normalized spacial score (nSPS) is 28.2. The molecular formula is C18H27BrO. The maximum atomic E-state index is 6.49. The highest BCUT2D eigenvalue weighted by molar-refractivity contribution is 9.09. The van der Waals surface area contributed by atoms with Crippen molar-refractivity contribution in [1.82, 2.24) is 0 Å². The van der Waals surface area contributed by atoms with Crippen LogP contribution in [0.4, 0.5) is 0 Å². The van der Waals surface area contributed by atoms with Crippen molar-refractivity contribution >= 4 is 15.9 Å². The van der Waals surface area contributed by atoms with E-state index in [1.165, 1.54) is 44.1 Å². The van der Waals surface area contributed by atoms with Crippen LogP contribution in [0.25, 0.3) is 0 Å². The van der Waals surface area contributed by atoms with Crippen molar-refractivity contribution in [3.63, 3.8) is 0 Å². The highest BCUT2D eigenvalue weighted by atomic mass is 79.9. The number of halogens is 1. The van der Waals surface area contributed by atoms with Crippen molar-refractivity contribution in [2.75, 3.05) is 5.33 Å². The summed E-state index contributed by atoms with van der Waals surface area (Å²) >= 11 is 3.70. The van der Waals surface area contributed by atoms with Crippen LogP contribution in [-0.2, 0) is 4.74 Å². The summed E-state index contributed by atoms with van der Waals surface area (Å²) in [5.41, 5.74) is 1.32. The zero-order valence-corrected chi connectivity index (χ0v) is 14.4. The molecule has 0 aromatic heterocycles. The van der Waals surface area contributed by atoms with Crippen molar-refractivity contribution in [2.45, 2.75) is 64.1 Å². The molecule has 20 heavy (non-hydrogen) atoms. The fourth-order valence-electron chi connectivity index (χ4n) is 3.35. The van der Waals surface area contributed by atoms with Crippen molar-refractivity contribution in [3.8, 4) is 0 Å². The van der Waals surface area contributed by atoms with Gasteiger partial charge in [-0.2, -0.15) is 0 Å². The molecule has 2 heteroatoms. The van der Waals surface area contributed by atoms with E-state index in [0.717, 1.165) is 11.2 Å². The molecule has 0 saturated heterocycles. The van der Waals surface area contributed by atoms with Crippen molar-refractivity contribution < 1.29 is 4.74 Å². The van der Waals surface area contributed by atoms with Gasteiger partial charge in [-0.1, -0.05) is 66.0 Å². The van der Waals surface area contributed by atoms with Crippen molar-refractivity contribution in [2.24, 2.45) is 5.92 Å². The maximum Gasteiger partial charge on any atom is 0.0804 e. The molecule has 2 rings (SSSR count). The second-order valence-electron chi connectivity index (χ2n) is 6.22. The molecule has 0 aliphatic heterocycles. The molecule has 1 atom stereocenters. The van der Waals surface area contributed by atoms with E-state index in [4.69, 9.17) is 4.74 Å². The minimum absolute atomic E-state index is 0.0412. The first-order valence-corrected chi connectivity index (χ1v) is 9.10. The average molecular weight is 339 g/mol. The number of ether oxygens (including phenoxy) is 1. The predicted molar refractivity (Wildman–Crippen MR) is 89.3 cm³/mol. The van der Waals surface area contributed by atoms with Gasteiger partial charge in [-0.05, 0) is 44.1 Å². The molecule has 0 amide bonds. The van der Waals surface area contributed by atoms with Gasteiger partial charge >= 0.3 is 0 Å². The third kappa shape index (κ3) is 4.08. The van der Waals surface area contributed by atoms with Gasteiger partial charge in [0.1, 0.15) is 0 Å². The van der Waals surface area contributed by atoms with Crippen LogP contribution in [0, 0.1) is 5.92 Å². The fraction of sp³-hybridized carbons (Fsp3) is 0.667. The van der Waals surface area contributed by atoms with Crippen molar-refractivity contribution in [1.29, 1.82) is 0 Å². The monoisotopic (exact) mass is 338 g/mol. The molecule has 0 spiro atoms. The minimum atomic E-state index is 0.0412. The number of alkyl halides is 1. The maximum absolute atomic E-state index is 6.49. The highest BCUT2D eigenvalue weighted by Gasteiger charge is 2.36. The minimum Gasteiger partial charge on any atom is -0.367 e. The van der Waals surface area contributed by atoms with Crippen LogP contribution in [-0.4, -0.2) is 10.9 Å². The molecule has 1 nitrogen and oxygen atoms in total. The van der Waals surface area contributed by atoms with E-state index in [0.29, 0.717) is 0 Å². The lowest BCUT2D eigenvalue weighted by atomic mass is 9.78. The van der Waals surface area contributed by atoms with Gasteiger partial charge < -0.3 is 4.74 Å². The average Bonchev–Trinajstić information content (AvgIpc) is 2.50. The third-order valence-corrected chi connectivity index (χ3v) is 5.67. The Morgan fingerprint density at radius 1 is 1.25 bits per heavy atom. The van der Waals surface area contributed by atoms with Crippen LogP contribution in [0.1, 0.15) is 64.0 Å². The summed E-state index contributed by atoms with van der Waals surface area (Å²) in [6.07, 6.45) is 7.90. The summed E-state index contributed by atoms with van der Waals surface area (Å²) in [6.45, 7) is 4.47. The number of hydrogen-bond acceptors (Lipinski definition) is 1. The van der Waals surface area contributed by atoms with Gasteiger partial charge in [0, 0.05) is 5.33 Å². The summed E-state index contributed by atoms with van der Waals surface area (Å²) in [6, 6.07) is 10.6. The quantitative estimate of drug-likeness (QED) is 0.587. The fourth-order valence-corrected chi connectivity index (χ4v) is 4.04. The number of benzene rings is 1. The lowest BCUT2D eigenvalue weighted by Gasteiger charge is -2.41. The first-order valence-electron chi connectivity index (χ1n) is 7.98. The topological polar surface area (TPSA) is 9.23 Å². The Morgan fingerprint density at radius 3 is 2.45 bits per heavy atom. The van der Waals surface area contributed by atoms with Crippen molar-refractivity contribution in [3.05, 3.63) is 35.9 Å². The van der Waals surface area contributed by atoms with E-state index in [9.17, 15) is 0 Å². The predicted octanol–water partition coefficient (Wildman–Crippen LogP) is 5.89. The van der Waals surface area contributed by atoms with Gasteiger partial charge in [-0.15, -0.1) is 0 Å². The Labute approximate surface area is 132 Å². The first-order chi connectivity index (χ1) is 9.69. The smallest absolute Gasteiger partial charge is 0.0804 e. The van der Waals surface area contributed by atoms with Gasteiger partial charge in [-0.3, -0.25) is 0 Å². The van der Waals surface area contributed by atoms with E-state index < -0.39 is 0 Å². The molecule has 1 fully saturated rings. The van der Waals surface area contributed by atoms with Crippen LogP contribution in [0.3, 0.4) is 0 Å². The standard InChI is InChI=1S/C18H27BrO/c1-3-7-16-10-12-18(14-19,13-11-16)20-15(2)17-8-5-4-6-9-17/h4-6,8-9,15-16H,3,7,10-14H2,1-2H3. The SMILES string of the molecule is CCCC1CCC(CBr)(OC(C)c2ccccc2)CC1. The molecule has 0 radical (unpaired) electrons. The molecular weight excluding hydrogens is 312 g/mol. The first kappa shape index (κ1) is 16.0. The van der Waals surface area contributed by atoms with Crippen LogP contribution in [0.15, 0.2) is 30.3 Å². The number of hydrogen-bond donors (Lipinski definition) is 0. The van der Waals surface area contributed by atoms with Crippen LogP contribution in [0.2, 0.25) is 0 Å². The second kappa shape index (κ2) is 7.61. The third-order valence-electron chi connectivity index (χ3n) is 4.65. The Balaban J connectivity index is 1.95. The van der Waals surface area contributed by atoms with E-state index in [1.54, 1.807) is 0 Å². The summed E-state index contributed by atoms with van der Waals surface area (Å²) in [5.74, 6) is 0.919. The summed E-state index contributed by atoms with van der Waals surface area (Å²) in [5, 5.41) is 0.954. The summed E-state index contributed by atoms with van der Waals surface area (Å²) in [4.78, 5) is 0. The van der Waals surface area contributed by atoms with Gasteiger partial charge in [0.15, 0.2) is 0 Å². The van der Waals surface area contributed by atoms with E-state index in [2.05, 4.69) is 60.1 Å². The second-order valence-corrected chi connectivity index (χ2v) is 6.78. The summed E-state index contributed by atoms with van der Waals surface area (Å²) < 4.78 is 6.49. The molecule has 0 bridgehead atoms. The Morgan fingerprint density at radius 2 is 1.90 bits per heavy atom. The molecule has 1 aromatic rings. The largest absolute Gasteiger partial charge is 0.367 e. The van der Waals surface area contributed by atoms with E-state index >= 15 is 0 Å². The van der Waals surface area contributed by atoms with E-state index in [-0.39, 0.29) is 11.7 Å². The number of rotatable bonds is 6. The van der Waals surface area contributed by atoms with Crippen LogP contribution in [0.5, 0.6) is 0 Å². The highest BCUT2D eigenvalue weighted by Crippen LogP contribution is 2.40. The molecule has 1 unspecified atom stereocenters. The van der Waals surface area contributed by atoms with Gasteiger partial charge in [0.25, 0.3) is 0 Å². The summed E-state index contributed by atoms with van der Waals surface area (Å²) in [7, 11) is 0. The molecule has 1 aliphatic rings.